The van der Waals surface area contributed by atoms with Gasteiger partial charge in [0.15, 0.2) is 0 Å². The normalized spacial score (nSPS) is 17.7. The van der Waals surface area contributed by atoms with Gasteiger partial charge in [0.2, 0.25) is 0 Å². The third kappa shape index (κ3) is 2.70. The Labute approximate surface area is 116 Å². The Kier molecular flexibility index (Phi) is 3.47. The van der Waals surface area contributed by atoms with E-state index in [0.717, 1.165) is 26.1 Å². The molecule has 0 aliphatic carbocycles. The molecule has 1 N–H and O–H groups in total. The molecule has 0 saturated carbocycles. The summed E-state index contributed by atoms with van der Waals surface area (Å²) < 4.78 is 1.57. The zero-order valence-electron chi connectivity index (χ0n) is 11.1. The summed E-state index contributed by atoms with van der Waals surface area (Å²) in [6.07, 6.45) is 2.51. The number of rotatable bonds is 4. The van der Waals surface area contributed by atoms with Crippen molar-refractivity contribution in [3.05, 3.63) is 47.3 Å². The molecule has 3 rings (SSSR count). The van der Waals surface area contributed by atoms with Crippen molar-refractivity contribution in [1.82, 2.24) is 15.0 Å². The molecule has 0 radical (unpaired) electrons. The summed E-state index contributed by atoms with van der Waals surface area (Å²) in [5.41, 5.74) is 2.74. The van der Waals surface area contributed by atoms with E-state index in [2.05, 4.69) is 34.6 Å². The van der Waals surface area contributed by atoms with Crippen molar-refractivity contribution >= 4 is 5.97 Å². The summed E-state index contributed by atoms with van der Waals surface area (Å²) in [4.78, 5) is 12.1. The Morgan fingerprint density at radius 1 is 1.35 bits per heavy atom. The molecule has 104 valence electrons. The summed E-state index contributed by atoms with van der Waals surface area (Å²) in [5, 5.41) is 18.0. The van der Waals surface area contributed by atoms with Crippen LogP contribution in [-0.4, -0.2) is 34.1 Å². The average Bonchev–Trinajstić information content (AvgIpc) is 2.94. The summed E-state index contributed by atoms with van der Waals surface area (Å²) in [7, 11) is 0. The maximum Gasteiger partial charge on any atom is 0.128 e. The number of hydrogen-bond acceptors (Lipinski definition) is 4. The number of benzene rings is 1. The number of carboxylic acid groups (broad SMARTS) is 1. The minimum atomic E-state index is -1.28. The maximum absolute atomic E-state index is 10.6. The molecule has 0 spiro atoms. The number of carbonyl (C=O) groups is 1. The van der Waals surface area contributed by atoms with Gasteiger partial charge in [-0.3, -0.25) is 0 Å². The summed E-state index contributed by atoms with van der Waals surface area (Å²) in [5.74, 6) is -1.28. The van der Waals surface area contributed by atoms with E-state index in [-0.39, 0.29) is 5.69 Å². The summed E-state index contributed by atoms with van der Waals surface area (Å²) in [6.45, 7) is 3.68. The fraction of sp³-hybridized carbons (Fsp3) is 0.357. The smallest absolute Gasteiger partial charge is 0.128 e. The highest BCUT2D eigenvalue weighted by Gasteiger charge is 2.18. The first-order chi connectivity index (χ1) is 9.72. The van der Waals surface area contributed by atoms with Crippen molar-refractivity contribution < 1.29 is 14.8 Å². The number of carboxylic acids is 1. The van der Waals surface area contributed by atoms with Crippen LogP contribution in [0.15, 0.2) is 30.5 Å². The van der Waals surface area contributed by atoms with Crippen molar-refractivity contribution in [2.75, 3.05) is 13.1 Å². The highest BCUT2D eigenvalue weighted by Crippen LogP contribution is 2.10. The third-order valence-corrected chi connectivity index (χ3v) is 3.75. The fourth-order valence-electron chi connectivity index (χ4n) is 2.63. The SMILES string of the molecule is O=C([O-])c1cn(CC[NH+]2CCc3ccccc3C2)nn1. The largest absolute Gasteiger partial charge is 0.543 e. The molecule has 0 bridgehead atoms. The van der Waals surface area contributed by atoms with Gasteiger partial charge in [-0.05, 0) is 5.56 Å². The van der Waals surface area contributed by atoms with Crippen LogP contribution in [0.4, 0.5) is 0 Å². The predicted octanol–water partition coefficient (Wildman–Crippen LogP) is -1.72. The highest BCUT2D eigenvalue weighted by molar-refractivity contribution is 5.82. The molecule has 2 aromatic rings. The van der Waals surface area contributed by atoms with Gasteiger partial charge < -0.3 is 14.8 Å². The first kappa shape index (κ1) is 12.8. The van der Waals surface area contributed by atoms with Crippen molar-refractivity contribution in [2.24, 2.45) is 0 Å². The second-order valence-electron chi connectivity index (χ2n) is 5.10. The molecule has 1 atom stereocenters. The lowest BCUT2D eigenvalue weighted by Crippen LogP contribution is -3.12. The Balaban J connectivity index is 1.58. The molecule has 1 aromatic heterocycles. The molecular formula is C14H16N4O2. The molecule has 0 saturated heterocycles. The fourth-order valence-corrected chi connectivity index (χ4v) is 2.63. The molecule has 6 heteroatoms. The van der Waals surface area contributed by atoms with E-state index in [9.17, 15) is 9.90 Å². The lowest BCUT2D eigenvalue weighted by atomic mass is 10.00. The van der Waals surface area contributed by atoms with E-state index in [0.29, 0.717) is 6.54 Å². The predicted molar refractivity (Wildman–Crippen MR) is 68.9 cm³/mol. The van der Waals surface area contributed by atoms with Gasteiger partial charge >= 0.3 is 0 Å². The van der Waals surface area contributed by atoms with Crippen LogP contribution in [0.1, 0.15) is 21.6 Å². The van der Waals surface area contributed by atoms with Crippen LogP contribution >= 0.6 is 0 Å². The molecular weight excluding hydrogens is 256 g/mol. The molecule has 0 fully saturated rings. The monoisotopic (exact) mass is 272 g/mol. The molecule has 0 amide bonds. The number of carbonyl (C=O) groups excluding carboxylic acids is 1. The van der Waals surface area contributed by atoms with Crippen LogP contribution in [0.25, 0.3) is 0 Å². The quantitative estimate of drug-likeness (QED) is 0.718. The Hall–Kier alpha value is -2.21. The topological polar surface area (TPSA) is 75.3 Å². The number of aromatic carboxylic acids is 1. The van der Waals surface area contributed by atoms with Crippen LogP contribution in [0, 0.1) is 0 Å². The standard InChI is InChI=1S/C14H16N4O2/c19-14(20)13-10-18(16-15-13)8-7-17-6-5-11-3-1-2-4-12(11)9-17/h1-4,10H,5-9H2,(H,19,20). The number of nitrogens with zero attached hydrogens (tertiary/aromatic N) is 3. The van der Waals surface area contributed by atoms with Crippen molar-refractivity contribution in [1.29, 1.82) is 0 Å². The Morgan fingerprint density at radius 3 is 2.90 bits per heavy atom. The third-order valence-electron chi connectivity index (χ3n) is 3.75. The van der Waals surface area contributed by atoms with Crippen LogP contribution in [-0.2, 0) is 19.5 Å². The molecule has 6 nitrogen and oxygen atoms in total. The van der Waals surface area contributed by atoms with Crippen molar-refractivity contribution in [2.45, 2.75) is 19.5 Å². The molecule has 1 aromatic carbocycles. The van der Waals surface area contributed by atoms with Gasteiger partial charge in [-0.2, -0.15) is 0 Å². The van der Waals surface area contributed by atoms with Crippen LogP contribution in [0.2, 0.25) is 0 Å². The van der Waals surface area contributed by atoms with Gasteiger partial charge in [-0.1, -0.05) is 29.5 Å². The minimum Gasteiger partial charge on any atom is -0.543 e. The number of fused-ring (bicyclic) bond motifs is 1. The maximum atomic E-state index is 10.6. The number of quaternary nitrogens is 1. The summed E-state index contributed by atoms with van der Waals surface area (Å²) in [6, 6.07) is 8.53. The van der Waals surface area contributed by atoms with Gasteiger partial charge in [-0.15, -0.1) is 5.10 Å². The molecule has 20 heavy (non-hydrogen) atoms. The van der Waals surface area contributed by atoms with E-state index in [1.807, 2.05) is 0 Å². The lowest BCUT2D eigenvalue weighted by Gasteiger charge is -2.25. The van der Waals surface area contributed by atoms with Crippen molar-refractivity contribution in [3.63, 3.8) is 0 Å². The zero-order valence-corrected chi connectivity index (χ0v) is 11.1. The molecule has 1 aliphatic rings. The Bertz CT molecular complexity index is 623. The van der Waals surface area contributed by atoms with Crippen molar-refractivity contribution in [3.8, 4) is 0 Å². The molecule has 2 heterocycles. The highest BCUT2D eigenvalue weighted by atomic mass is 16.4. The second kappa shape index (κ2) is 5.42. The van der Waals surface area contributed by atoms with Gasteiger partial charge in [0.1, 0.15) is 12.2 Å². The van der Waals surface area contributed by atoms with Gasteiger partial charge in [-0.25, -0.2) is 4.68 Å². The van der Waals surface area contributed by atoms with Crippen LogP contribution in [0.5, 0.6) is 0 Å². The van der Waals surface area contributed by atoms with Crippen LogP contribution in [0.3, 0.4) is 0 Å². The molecule has 1 aliphatic heterocycles. The first-order valence-electron chi connectivity index (χ1n) is 6.74. The first-order valence-corrected chi connectivity index (χ1v) is 6.74. The van der Waals surface area contributed by atoms with E-state index in [4.69, 9.17) is 0 Å². The second-order valence-corrected chi connectivity index (χ2v) is 5.10. The van der Waals surface area contributed by atoms with Crippen LogP contribution < -0.4 is 10.0 Å². The number of aromatic nitrogens is 3. The summed E-state index contributed by atoms with van der Waals surface area (Å²) >= 11 is 0. The number of nitrogens with one attached hydrogen (secondary N) is 1. The number of hydrogen-bond donors (Lipinski definition) is 1. The van der Waals surface area contributed by atoms with Gasteiger partial charge in [0.05, 0.1) is 31.8 Å². The Morgan fingerprint density at radius 2 is 2.15 bits per heavy atom. The zero-order chi connectivity index (χ0) is 13.9. The van der Waals surface area contributed by atoms with Gasteiger partial charge in [0.25, 0.3) is 0 Å². The van der Waals surface area contributed by atoms with E-state index >= 15 is 0 Å². The van der Waals surface area contributed by atoms with E-state index in [1.54, 1.807) is 4.68 Å². The minimum absolute atomic E-state index is 0.107. The van der Waals surface area contributed by atoms with Gasteiger partial charge in [0, 0.05) is 12.0 Å². The van der Waals surface area contributed by atoms with E-state index in [1.165, 1.54) is 22.2 Å². The lowest BCUT2D eigenvalue weighted by molar-refractivity contribution is -0.916. The molecule has 1 unspecified atom stereocenters. The average molecular weight is 272 g/mol. The van der Waals surface area contributed by atoms with E-state index < -0.39 is 5.97 Å².